The van der Waals surface area contributed by atoms with Gasteiger partial charge in [0.2, 0.25) is 23.6 Å². The second-order valence-corrected chi connectivity index (χ2v) is 6.15. The highest BCUT2D eigenvalue weighted by molar-refractivity contribution is 5.93. The maximum absolute atomic E-state index is 12.4. The smallest absolute Gasteiger partial charge is 0.325 e. The van der Waals surface area contributed by atoms with Gasteiger partial charge in [0.05, 0.1) is 12.6 Å². The lowest BCUT2D eigenvalue weighted by molar-refractivity contribution is -0.141. The Morgan fingerprint density at radius 2 is 1.92 bits per heavy atom. The van der Waals surface area contributed by atoms with Gasteiger partial charge in [-0.25, -0.2) is 0 Å². The number of carbonyl (C=O) groups is 5. The number of hydrogen-bond donors (Lipinski definition) is 5. The molecule has 0 aliphatic carbocycles. The largest absolute Gasteiger partial charge is 0.480 e. The van der Waals surface area contributed by atoms with Crippen LogP contribution < -0.4 is 22.1 Å². The van der Waals surface area contributed by atoms with Crippen molar-refractivity contribution in [3.8, 4) is 0 Å². The summed E-state index contributed by atoms with van der Waals surface area (Å²) in [4.78, 5) is 59.0. The summed E-state index contributed by atoms with van der Waals surface area (Å²) in [6.07, 6.45) is 1.09. The maximum Gasteiger partial charge on any atom is 0.325 e. The summed E-state index contributed by atoms with van der Waals surface area (Å²) in [5.41, 5.74) is 10.8. The lowest BCUT2D eigenvalue weighted by Gasteiger charge is -2.26. The molecule has 1 aliphatic heterocycles. The van der Waals surface area contributed by atoms with E-state index >= 15 is 0 Å². The van der Waals surface area contributed by atoms with Crippen molar-refractivity contribution in [1.29, 1.82) is 0 Å². The van der Waals surface area contributed by atoms with E-state index in [2.05, 4.69) is 10.6 Å². The molecule has 1 fully saturated rings. The molecule has 3 unspecified atom stereocenters. The standard InChI is InChI=1S/C15H25N5O6/c1-8(15(25)26)19-12(22)7-18-13(23)10-3-2-6-20(10)14(24)9(16)4-5-11(17)21/h8-10H,2-7,16H2,1H3,(H2,17,21)(H,18,23)(H,19,22)(H,25,26). The van der Waals surface area contributed by atoms with Gasteiger partial charge in [-0.2, -0.15) is 0 Å². The van der Waals surface area contributed by atoms with Gasteiger partial charge in [0.15, 0.2) is 0 Å². The highest BCUT2D eigenvalue weighted by atomic mass is 16.4. The molecule has 7 N–H and O–H groups in total. The first-order valence-electron chi connectivity index (χ1n) is 8.27. The zero-order valence-electron chi connectivity index (χ0n) is 14.6. The molecule has 0 radical (unpaired) electrons. The van der Waals surface area contributed by atoms with Crippen LogP contribution in [0, 0.1) is 0 Å². The van der Waals surface area contributed by atoms with Crippen LogP contribution in [0.4, 0.5) is 0 Å². The van der Waals surface area contributed by atoms with Crippen molar-refractivity contribution in [2.24, 2.45) is 11.5 Å². The summed E-state index contributed by atoms with van der Waals surface area (Å²) in [7, 11) is 0. The van der Waals surface area contributed by atoms with Crippen molar-refractivity contribution in [2.75, 3.05) is 13.1 Å². The monoisotopic (exact) mass is 371 g/mol. The highest BCUT2D eigenvalue weighted by Gasteiger charge is 2.36. The second kappa shape index (κ2) is 9.70. The summed E-state index contributed by atoms with van der Waals surface area (Å²) in [6, 6.07) is -2.77. The Morgan fingerprint density at radius 1 is 1.27 bits per heavy atom. The van der Waals surface area contributed by atoms with E-state index in [1.54, 1.807) is 0 Å². The predicted octanol–water partition coefficient (Wildman–Crippen LogP) is -2.72. The molecule has 4 amide bonds. The molecule has 146 valence electrons. The van der Waals surface area contributed by atoms with E-state index in [-0.39, 0.29) is 12.8 Å². The molecule has 0 aromatic heterocycles. The van der Waals surface area contributed by atoms with Crippen LogP contribution in [0.15, 0.2) is 0 Å². The summed E-state index contributed by atoms with van der Waals surface area (Å²) in [5.74, 6) is -3.38. The number of carboxylic acid groups (broad SMARTS) is 1. The number of primary amides is 1. The van der Waals surface area contributed by atoms with Crippen molar-refractivity contribution in [2.45, 2.75) is 50.7 Å². The molecule has 1 rings (SSSR count). The minimum atomic E-state index is -1.19. The lowest BCUT2D eigenvalue weighted by atomic mass is 10.1. The van der Waals surface area contributed by atoms with Crippen LogP contribution in [-0.2, 0) is 24.0 Å². The Balaban J connectivity index is 2.54. The molecule has 1 saturated heterocycles. The van der Waals surface area contributed by atoms with Gasteiger partial charge in [-0.1, -0.05) is 0 Å². The van der Waals surface area contributed by atoms with Crippen LogP contribution in [0.1, 0.15) is 32.6 Å². The Kier molecular flexibility index (Phi) is 7.97. The number of amides is 4. The number of rotatable bonds is 9. The number of hydrogen-bond acceptors (Lipinski definition) is 6. The molecule has 0 spiro atoms. The van der Waals surface area contributed by atoms with Gasteiger partial charge >= 0.3 is 5.97 Å². The first kappa shape index (κ1) is 21.4. The third-order valence-electron chi connectivity index (χ3n) is 4.03. The fourth-order valence-electron chi connectivity index (χ4n) is 2.58. The Bertz CT molecular complexity index is 581. The van der Waals surface area contributed by atoms with E-state index in [4.69, 9.17) is 16.6 Å². The topological polar surface area (TPSA) is 185 Å². The normalized spacial score (nSPS) is 18.7. The van der Waals surface area contributed by atoms with E-state index < -0.39 is 54.3 Å². The second-order valence-electron chi connectivity index (χ2n) is 6.15. The van der Waals surface area contributed by atoms with Gasteiger partial charge in [0.25, 0.3) is 0 Å². The van der Waals surface area contributed by atoms with Gasteiger partial charge in [0, 0.05) is 13.0 Å². The number of nitrogens with one attached hydrogen (secondary N) is 2. The van der Waals surface area contributed by atoms with Gasteiger partial charge in [-0.3, -0.25) is 24.0 Å². The molecule has 26 heavy (non-hydrogen) atoms. The maximum atomic E-state index is 12.4. The minimum absolute atomic E-state index is 0.0282. The van der Waals surface area contributed by atoms with E-state index in [1.165, 1.54) is 11.8 Å². The quantitative estimate of drug-likeness (QED) is 0.291. The van der Waals surface area contributed by atoms with Crippen LogP contribution in [-0.4, -0.2) is 70.8 Å². The van der Waals surface area contributed by atoms with Gasteiger partial charge in [-0.05, 0) is 26.2 Å². The van der Waals surface area contributed by atoms with Crippen LogP contribution in [0.2, 0.25) is 0 Å². The molecule has 0 bridgehead atoms. The van der Waals surface area contributed by atoms with Crippen molar-refractivity contribution in [3.63, 3.8) is 0 Å². The van der Waals surface area contributed by atoms with Crippen molar-refractivity contribution in [1.82, 2.24) is 15.5 Å². The fourth-order valence-corrected chi connectivity index (χ4v) is 2.58. The van der Waals surface area contributed by atoms with E-state index in [0.29, 0.717) is 19.4 Å². The zero-order valence-corrected chi connectivity index (χ0v) is 14.6. The number of likely N-dealkylation sites (tertiary alicyclic amines) is 1. The first-order valence-corrected chi connectivity index (χ1v) is 8.27. The third kappa shape index (κ3) is 6.31. The lowest BCUT2D eigenvalue weighted by Crippen LogP contribution is -2.52. The molecular formula is C15H25N5O6. The number of nitrogens with two attached hydrogens (primary N) is 2. The minimum Gasteiger partial charge on any atom is -0.480 e. The van der Waals surface area contributed by atoms with Crippen molar-refractivity contribution >= 4 is 29.6 Å². The van der Waals surface area contributed by atoms with Gasteiger partial charge < -0.3 is 32.1 Å². The third-order valence-corrected chi connectivity index (χ3v) is 4.03. The number of aliphatic carboxylic acids is 1. The molecule has 11 heteroatoms. The fraction of sp³-hybridized carbons (Fsp3) is 0.667. The van der Waals surface area contributed by atoms with E-state index in [1.807, 2.05) is 0 Å². The molecule has 0 aromatic carbocycles. The molecule has 3 atom stereocenters. The average molecular weight is 371 g/mol. The van der Waals surface area contributed by atoms with Gasteiger partial charge in [0.1, 0.15) is 12.1 Å². The molecular weight excluding hydrogens is 346 g/mol. The Hall–Kier alpha value is -2.69. The van der Waals surface area contributed by atoms with Crippen molar-refractivity contribution < 1.29 is 29.1 Å². The van der Waals surface area contributed by atoms with Crippen LogP contribution >= 0.6 is 0 Å². The molecule has 0 aromatic rings. The molecule has 0 saturated carbocycles. The Labute approximate surface area is 150 Å². The SMILES string of the molecule is CC(NC(=O)CNC(=O)C1CCCN1C(=O)C(N)CCC(N)=O)C(=O)O. The first-order chi connectivity index (χ1) is 12.1. The van der Waals surface area contributed by atoms with Gasteiger partial charge in [-0.15, -0.1) is 0 Å². The summed E-state index contributed by atoms with van der Waals surface area (Å²) in [6.45, 7) is 1.25. The van der Waals surface area contributed by atoms with Crippen molar-refractivity contribution in [3.05, 3.63) is 0 Å². The number of carbonyl (C=O) groups excluding carboxylic acids is 4. The molecule has 1 heterocycles. The Morgan fingerprint density at radius 3 is 2.50 bits per heavy atom. The highest BCUT2D eigenvalue weighted by Crippen LogP contribution is 2.19. The molecule has 1 aliphatic rings. The summed E-state index contributed by atoms with van der Waals surface area (Å²) >= 11 is 0. The predicted molar refractivity (Wildman–Crippen MR) is 89.4 cm³/mol. The van der Waals surface area contributed by atoms with Crippen LogP contribution in [0.3, 0.4) is 0 Å². The zero-order chi connectivity index (χ0) is 19.9. The average Bonchev–Trinajstić information content (AvgIpc) is 3.06. The number of nitrogens with zero attached hydrogens (tertiary/aromatic N) is 1. The number of carboxylic acids is 1. The summed E-state index contributed by atoms with van der Waals surface area (Å²) < 4.78 is 0. The summed E-state index contributed by atoms with van der Waals surface area (Å²) in [5, 5.41) is 13.3. The van der Waals surface area contributed by atoms with E-state index in [9.17, 15) is 24.0 Å². The van der Waals surface area contributed by atoms with E-state index in [0.717, 1.165) is 0 Å². The van der Waals surface area contributed by atoms with Crippen LogP contribution in [0.25, 0.3) is 0 Å². The van der Waals surface area contributed by atoms with Crippen LogP contribution in [0.5, 0.6) is 0 Å². The molecule has 11 nitrogen and oxygen atoms in total.